The molecule has 3 radical (unpaired) electrons. The summed E-state index contributed by atoms with van der Waals surface area (Å²) in [4.78, 5) is 0. The first-order valence-electron chi connectivity index (χ1n) is 14.5. The minimum absolute atomic E-state index is 0.595. The maximum Gasteiger partial charge on any atom is 0.0844 e. The SMILES string of the molecule is [Si]c1ccc(CCC2CCC3OC3C2)c(CCC2CCC3OC3C2)c1CCC1CCC2OC2C1. The molecule has 0 bridgehead atoms. The zero-order valence-electron chi connectivity index (χ0n) is 20.7. The standard InChI is InChI=1S/C30H41O3Si/c34-30-14-8-21(7-1-18-4-11-24-27(15-18)31-24)22(9-2-19-5-12-25-28(16-19)32-25)23(30)10-3-20-6-13-26-29(17-20)33-26/h8,14,18-20,24-29H,1-7,9-13,15-17H2. The van der Waals surface area contributed by atoms with Gasteiger partial charge < -0.3 is 14.2 Å². The summed E-state index contributed by atoms with van der Waals surface area (Å²) in [6.07, 6.45) is 23.3. The zero-order valence-corrected chi connectivity index (χ0v) is 21.7. The zero-order chi connectivity index (χ0) is 22.6. The van der Waals surface area contributed by atoms with Crippen molar-refractivity contribution in [2.45, 2.75) is 133 Å². The second kappa shape index (κ2) is 9.32. The highest BCUT2D eigenvalue weighted by atomic mass is 28.1. The molecule has 3 saturated carbocycles. The van der Waals surface area contributed by atoms with Gasteiger partial charge >= 0.3 is 0 Å². The maximum absolute atomic E-state index is 5.83. The summed E-state index contributed by atoms with van der Waals surface area (Å²) in [5.41, 5.74) is 4.96. The number of rotatable bonds is 9. The van der Waals surface area contributed by atoms with E-state index in [4.69, 9.17) is 14.2 Å². The van der Waals surface area contributed by atoms with Gasteiger partial charge in [-0.05, 0) is 131 Å². The van der Waals surface area contributed by atoms with Gasteiger partial charge in [-0.1, -0.05) is 17.3 Å². The molecule has 0 amide bonds. The van der Waals surface area contributed by atoms with Crippen LogP contribution in [0.15, 0.2) is 12.1 Å². The highest BCUT2D eigenvalue weighted by Crippen LogP contribution is 2.43. The first-order valence-corrected chi connectivity index (χ1v) is 15.0. The lowest BCUT2D eigenvalue weighted by Gasteiger charge is -2.25. The topological polar surface area (TPSA) is 37.6 Å². The fourth-order valence-corrected chi connectivity index (χ4v) is 8.24. The van der Waals surface area contributed by atoms with Crippen molar-refractivity contribution in [2.24, 2.45) is 17.8 Å². The van der Waals surface area contributed by atoms with Crippen LogP contribution in [0.1, 0.15) is 93.7 Å². The predicted molar refractivity (Wildman–Crippen MR) is 135 cm³/mol. The molecule has 1 aromatic carbocycles. The van der Waals surface area contributed by atoms with Crippen LogP contribution in [0.25, 0.3) is 0 Å². The molecule has 3 aliphatic carbocycles. The minimum atomic E-state index is 0.595. The third-order valence-electron chi connectivity index (χ3n) is 10.3. The van der Waals surface area contributed by atoms with Crippen LogP contribution >= 0.6 is 0 Å². The molecule has 34 heavy (non-hydrogen) atoms. The molecule has 3 aliphatic heterocycles. The van der Waals surface area contributed by atoms with Gasteiger partial charge in [0, 0.05) is 0 Å². The van der Waals surface area contributed by atoms with Crippen molar-refractivity contribution >= 4 is 15.4 Å². The highest BCUT2D eigenvalue weighted by molar-refractivity contribution is 6.33. The Balaban J connectivity index is 1.05. The lowest BCUT2D eigenvalue weighted by Crippen LogP contribution is -2.21. The quantitative estimate of drug-likeness (QED) is 0.372. The smallest absolute Gasteiger partial charge is 0.0844 e. The summed E-state index contributed by atoms with van der Waals surface area (Å²) in [5.74, 6) is 2.56. The minimum Gasteiger partial charge on any atom is -0.370 e. The van der Waals surface area contributed by atoms with Crippen molar-refractivity contribution in [3.8, 4) is 0 Å². The molecule has 0 spiro atoms. The van der Waals surface area contributed by atoms with Crippen LogP contribution in [0.2, 0.25) is 0 Å². The first kappa shape index (κ1) is 22.5. The van der Waals surface area contributed by atoms with Gasteiger partial charge in [-0.3, -0.25) is 0 Å². The second-order valence-corrected chi connectivity index (χ2v) is 13.1. The second-order valence-electron chi connectivity index (χ2n) is 12.5. The van der Waals surface area contributed by atoms with Crippen LogP contribution in [-0.2, 0) is 33.5 Å². The fraction of sp³-hybridized carbons (Fsp3) is 0.800. The molecular formula is C30H41O3Si. The van der Waals surface area contributed by atoms with Crippen molar-refractivity contribution in [1.82, 2.24) is 0 Å². The summed E-state index contributed by atoms with van der Waals surface area (Å²) < 4.78 is 17.5. The van der Waals surface area contributed by atoms with Crippen LogP contribution in [-0.4, -0.2) is 46.9 Å². The van der Waals surface area contributed by atoms with Gasteiger partial charge in [0.05, 0.1) is 46.9 Å². The van der Waals surface area contributed by atoms with Crippen LogP contribution in [0.4, 0.5) is 0 Å². The normalized spacial score (nSPS) is 41.9. The van der Waals surface area contributed by atoms with E-state index in [1.807, 2.05) is 0 Å². The molecule has 4 heteroatoms. The summed E-state index contributed by atoms with van der Waals surface area (Å²) in [6.45, 7) is 0. The molecule has 3 nitrogen and oxygen atoms in total. The Morgan fingerprint density at radius 1 is 0.559 bits per heavy atom. The first-order chi connectivity index (χ1) is 16.7. The van der Waals surface area contributed by atoms with Gasteiger partial charge in [-0.15, -0.1) is 0 Å². The Hall–Kier alpha value is -0.683. The molecule has 1 aromatic rings. The van der Waals surface area contributed by atoms with Gasteiger partial charge in [0.25, 0.3) is 0 Å². The van der Waals surface area contributed by atoms with E-state index < -0.39 is 0 Å². The third kappa shape index (κ3) is 4.94. The lowest BCUT2D eigenvalue weighted by molar-refractivity contribution is 0.347. The third-order valence-corrected chi connectivity index (χ3v) is 10.8. The number of aryl methyl sites for hydroxylation is 1. The molecule has 183 valence electrons. The monoisotopic (exact) mass is 477 g/mol. The Labute approximate surface area is 209 Å². The van der Waals surface area contributed by atoms with Crippen molar-refractivity contribution < 1.29 is 14.2 Å². The van der Waals surface area contributed by atoms with E-state index in [9.17, 15) is 0 Å². The molecule has 3 saturated heterocycles. The average Bonchev–Trinajstić information content (AvgIpc) is 3.73. The Morgan fingerprint density at radius 2 is 1.03 bits per heavy atom. The number of hydrogen-bond donors (Lipinski definition) is 0. The van der Waals surface area contributed by atoms with Crippen molar-refractivity contribution in [2.75, 3.05) is 0 Å². The largest absolute Gasteiger partial charge is 0.370 e. The van der Waals surface area contributed by atoms with Crippen LogP contribution < -0.4 is 5.19 Å². The summed E-state index contributed by atoms with van der Waals surface area (Å²) in [5, 5.41) is 1.34. The predicted octanol–water partition coefficient (Wildman–Crippen LogP) is 4.98. The van der Waals surface area contributed by atoms with E-state index in [1.165, 1.54) is 101 Å². The summed E-state index contributed by atoms with van der Waals surface area (Å²) in [6, 6.07) is 4.81. The molecule has 0 aromatic heterocycles. The van der Waals surface area contributed by atoms with Crippen molar-refractivity contribution in [1.29, 1.82) is 0 Å². The molecule has 9 unspecified atom stereocenters. The molecule has 7 rings (SSSR count). The molecular weight excluding hydrogens is 436 g/mol. The van der Waals surface area contributed by atoms with Crippen molar-refractivity contribution in [3.63, 3.8) is 0 Å². The van der Waals surface area contributed by atoms with E-state index in [-0.39, 0.29) is 0 Å². The number of benzene rings is 1. The average molecular weight is 478 g/mol. The van der Waals surface area contributed by atoms with Gasteiger partial charge in [-0.25, -0.2) is 0 Å². The number of fused-ring (bicyclic) bond motifs is 3. The Morgan fingerprint density at radius 3 is 1.53 bits per heavy atom. The maximum atomic E-state index is 5.83. The fourth-order valence-electron chi connectivity index (χ4n) is 7.88. The van der Waals surface area contributed by atoms with E-state index in [0.717, 1.165) is 17.8 Å². The van der Waals surface area contributed by atoms with Gasteiger partial charge in [0.15, 0.2) is 0 Å². The number of epoxide rings is 3. The van der Waals surface area contributed by atoms with E-state index >= 15 is 0 Å². The number of hydrogen-bond acceptors (Lipinski definition) is 3. The van der Waals surface area contributed by atoms with Crippen LogP contribution in [0.5, 0.6) is 0 Å². The summed E-state index contributed by atoms with van der Waals surface area (Å²) >= 11 is 0. The molecule has 0 N–H and O–H groups in total. The Kier molecular flexibility index (Phi) is 6.17. The van der Waals surface area contributed by atoms with Gasteiger partial charge in [0.1, 0.15) is 0 Å². The van der Waals surface area contributed by atoms with E-state index in [0.29, 0.717) is 36.6 Å². The van der Waals surface area contributed by atoms with Crippen LogP contribution in [0.3, 0.4) is 0 Å². The van der Waals surface area contributed by atoms with Crippen molar-refractivity contribution in [3.05, 3.63) is 28.8 Å². The Bertz CT molecular complexity index is 901. The number of ether oxygens (including phenoxy) is 3. The molecule has 6 fully saturated rings. The lowest BCUT2D eigenvalue weighted by atomic mass is 9.80. The van der Waals surface area contributed by atoms with Gasteiger partial charge in [0.2, 0.25) is 0 Å². The highest BCUT2D eigenvalue weighted by Gasteiger charge is 2.45. The van der Waals surface area contributed by atoms with E-state index in [1.54, 1.807) is 16.7 Å². The summed E-state index contributed by atoms with van der Waals surface area (Å²) in [7, 11) is 4.05. The molecule has 6 aliphatic rings. The van der Waals surface area contributed by atoms with Gasteiger partial charge in [-0.2, -0.15) is 0 Å². The molecule has 9 atom stereocenters. The molecule has 3 heterocycles. The van der Waals surface area contributed by atoms with E-state index in [2.05, 4.69) is 22.4 Å². The van der Waals surface area contributed by atoms with Crippen LogP contribution in [0, 0.1) is 17.8 Å².